The molecule has 0 aliphatic rings. The zero-order chi connectivity index (χ0) is 30.4. The monoisotopic (exact) mass is 593 g/mol. The Morgan fingerprint density at radius 2 is 1.64 bits per heavy atom. The number of carbonyl (C=O) groups excluding carboxylic acids is 3. The van der Waals surface area contributed by atoms with E-state index in [1.165, 1.54) is 51.7 Å². The number of aromatic nitrogens is 1. The predicted octanol–water partition coefficient (Wildman–Crippen LogP) is 3.69. The fourth-order valence-electron chi connectivity index (χ4n) is 4.31. The molecule has 11 nitrogen and oxygen atoms in total. The van der Waals surface area contributed by atoms with Crippen molar-refractivity contribution in [1.29, 1.82) is 0 Å². The number of ether oxygens (including phenoxy) is 3. The van der Waals surface area contributed by atoms with Gasteiger partial charge in [0.15, 0.2) is 17.2 Å². The quantitative estimate of drug-likeness (QED) is 0.237. The van der Waals surface area contributed by atoms with Crippen molar-refractivity contribution in [3.63, 3.8) is 0 Å². The number of methoxy groups -OCH3 is 3. The van der Waals surface area contributed by atoms with Gasteiger partial charge in [-0.25, -0.2) is 4.39 Å². The first kappa shape index (κ1) is 29.8. The molecule has 0 radical (unpaired) electrons. The number of halogens is 1. The molecule has 0 spiro atoms. The minimum atomic E-state index is -1.42. The molecule has 1 heterocycles. The lowest BCUT2D eigenvalue weighted by molar-refractivity contribution is -0.122. The van der Waals surface area contributed by atoms with E-state index in [1.54, 1.807) is 0 Å². The van der Waals surface area contributed by atoms with Crippen molar-refractivity contribution in [3.05, 3.63) is 94.2 Å². The molecule has 4 aromatic rings. The average Bonchev–Trinajstić information content (AvgIpc) is 3.39. The Kier molecular flexibility index (Phi) is 9.22. The summed E-state index contributed by atoms with van der Waals surface area (Å²) in [6.45, 7) is 0.125. The summed E-state index contributed by atoms with van der Waals surface area (Å²) in [5, 5.41) is 2.85. The van der Waals surface area contributed by atoms with Crippen LogP contribution < -0.4 is 35.9 Å². The molecule has 0 bridgehead atoms. The van der Waals surface area contributed by atoms with Crippen LogP contribution in [0.5, 0.6) is 17.2 Å². The summed E-state index contributed by atoms with van der Waals surface area (Å²) in [7, 11) is 4.24. The number of nitrogen functional groups attached to an aromatic ring is 1. The fourth-order valence-corrected chi connectivity index (χ4v) is 5.05. The summed E-state index contributed by atoms with van der Waals surface area (Å²) < 4.78 is 34.9. The topological polar surface area (TPSA) is 159 Å². The van der Waals surface area contributed by atoms with E-state index in [0.29, 0.717) is 11.5 Å². The van der Waals surface area contributed by atoms with Gasteiger partial charge in [0.2, 0.25) is 11.7 Å². The molecule has 0 fully saturated rings. The number of primary amides is 1. The molecule has 42 heavy (non-hydrogen) atoms. The molecule has 3 amide bonds. The zero-order valence-electron chi connectivity index (χ0n) is 22.9. The number of anilines is 2. The second-order valence-corrected chi connectivity index (χ2v) is 9.63. The van der Waals surface area contributed by atoms with Gasteiger partial charge in [-0.05, 0) is 53.0 Å². The van der Waals surface area contributed by atoms with Crippen LogP contribution in [-0.2, 0) is 11.3 Å². The molecule has 4 rings (SSSR count). The summed E-state index contributed by atoms with van der Waals surface area (Å²) >= 11 is 0.634. The molecule has 1 atom stereocenters. The number of nitrogens with one attached hydrogen (secondary N) is 1. The van der Waals surface area contributed by atoms with Crippen molar-refractivity contribution in [1.82, 2.24) is 9.69 Å². The van der Waals surface area contributed by atoms with Crippen molar-refractivity contribution < 1.29 is 33.0 Å². The van der Waals surface area contributed by atoms with Gasteiger partial charge in [0.05, 0.1) is 27.0 Å². The number of hydrogen-bond acceptors (Lipinski definition) is 9. The maximum absolute atomic E-state index is 14.6. The molecule has 1 aromatic heterocycles. The predicted molar refractivity (Wildman–Crippen MR) is 155 cm³/mol. The third-order valence-electron chi connectivity index (χ3n) is 6.28. The first-order chi connectivity index (χ1) is 20.2. The summed E-state index contributed by atoms with van der Waals surface area (Å²) in [4.78, 5) is 41.0. The van der Waals surface area contributed by atoms with Gasteiger partial charge in [0.25, 0.3) is 11.8 Å². The Morgan fingerprint density at radius 1 is 0.976 bits per heavy atom. The molecular formula is C29H28FN5O6S. The Balaban J connectivity index is 1.94. The van der Waals surface area contributed by atoms with Gasteiger partial charge in [-0.3, -0.25) is 19.3 Å². The lowest BCUT2D eigenvalue weighted by atomic mass is 10.0. The zero-order valence-corrected chi connectivity index (χ0v) is 23.7. The summed E-state index contributed by atoms with van der Waals surface area (Å²) in [6, 6.07) is 15.9. The number of amides is 3. The Hall–Kier alpha value is -5.17. The van der Waals surface area contributed by atoms with E-state index in [4.69, 9.17) is 25.7 Å². The molecule has 0 unspecified atom stereocenters. The normalized spacial score (nSPS) is 11.3. The molecule has 0 aliphatic carbocycles. The van der Waals surface area contributed by atoms with Crippen molar-refractivity contribution in [2.24, 2.45) is 5.73 Å². The van der Waals surface area contributed by atoms with Crippen LogP contribution in [0.1, 0.15) is 37.3 Å². The van der Waals surface area contributed by atoms with E-state index in [-0.39, 0.29) is 51.3 Å². The highest BCUT2D eigenvalue weighted by molar-refractivity contribution is 7.09. The smallest absolute Gasteiger partial charge is 0.273 e. The van der Waals surface area contributed by atoms with Crippen LogP contribution in [-0.4, -0.2) is 43.4 Å². The standard InChI is InChI=1S/C29H28FN5O6S/c1-39-20-12-17(13-21(40-2)25(20)41-3)24(28(37)33-15-16-8-5-4-6-9-16)35(19-11-7-10-18(30)14-19)29(38)26-22(31)23(27(32)36)34-42-26/h4-14,24H,15,31H2,1-3H3,(H2,32,36)(H,33,37)/t24-/m0/s1. The van der Waals surface area contributed by atoms with E-state index >= 15 is 0 Å². The number of carbonyl (C=O) groups is 3. The molecule has 218 valence electrons. The SMILES string of the molecule is COc1cc([C@@H](C(=O)NCc2ccccc2)N(C(=O)c2snc(C(N)=O)c2N)c2cccc(F)c2)cc(OC)c1OC. The van der Waals surface area contributed by atoms with Crippen molar-refractivity contribution in [2.75, 3.05) is 32.0 Å². The van der Waals surface area contributed by atoms with E-state index in [1.807, 2.05) is 30.3 Å². The van der Waals surface area contributed by atoms with Crippen LogP contribution in [0, 0.1) is 5.82 Å². The van der Waals surface area contributed by atoms with Crippen molar-refractivity contribution >= 4 is 40.6 Å². The maximum atomic E-state index is 14.6. The average molecular weight is 594 g/mol. The highest BCUT2D eigenvalue weighted by Crippen LogP contribution is 2.42. The summed E-state index contributed by atoms with van der Waals surface area (Å²) in [6.07, 6.45) is 0. The van der Waals surface area contributed by atoms with Crippen LogP contribution in [0.2, 0.25) is 0 Å². The Morgan fingerprint density at radius 3 is 2.19 bits per heavy atom. The van der Waals surface area contributed by atoms with Gasteiger partial charge in [-0.15, -0.1) is 0 Å². The lowest BCUT2D eigenvalue weighted by Gasteiger charge is -2.32. The molecule has 0 saturated heterocycles. The highest BCUT2D eigenvalue weighted by atomic mass is 32.1. The number of nitrogens with zero attached hydrogens (tertiary/aromatic N) is 2. The number of benzene rings is 3. The molecule has 3 aromatic carbocycles. The van der Waals surface area contributed by atoms with E-state index in [2.05, 4.69) is 9.69 Å². The molecule has 5 N–H and O–H groups in total. The molecule has 13 heteroatoms. The van der Waals surface area contributed by atoms with Gasteiger partial charge >= 0.3 is 0 Å². The molecule has 0 saturated carbocycles. The van der Waals surface area contributed by atoms with E-state index < -0.39 is 29.6 Å². The third kappa shape index (κ3) is 6.10. The highest BCUT2D eigenvalue weighted by Gasteiger charge is 2.37. The lowest BCUT2D eigenvalue weighted by Crippen LogP contribution is -2.44. The molecular weight excluding hydrogens is 565 g/mol. The fraction of sp³-hybridized carbons (Fsp3) is 0.172. The minimum absolute atomic E-state index is 0.0297. The largest absolute Gasteiger partial charge is 0.493 e. The van der Waals surface area contributed by atoms with Gasteiger partial charge < -0.3 is 31.0 Å². The van der Waals surface area contributed by atoms with Crippen LogP contribution in [0.25, 0.3) is 0 Å². The number of nitrogens with two attached hydrogens (primary N) is 2. The van der Waals surface area contributed by atoms with E-state index in [0.717, 1.165) is 16.5 Å². The van der Waals surface area contributed by atoms with Crippen molar-refractivity contribution in [2.45, 2.75) is 12.6 Å². The Bertz CT molecular complexity index is 1590. The van der Waals surface area contributed by atoms with Crippen LogP contribution in [0.15, 0.2) is 66.7 Å². The minimum Gasteiger partial charge on any atom is -0.493 e. The second-order valence-electron chi connectivity index (χ2n) is 8.86. The van der Waals surface area contributed by atoms with Crippen molar-refractivity contribution in [3.8, 4) is 17.2 Å². The van der Waals surface area contributed by atoms with Gasteiger partial charge in [-0.1, -0.05) is 36.4 Å². The summed E-state index contributed by atoms with van der Waals surface area (Å²) in [5.41, 5.74) is 12.0. The Labute approximate surface area is 245 Å². The first-order valence-electron chi connectivity index (χ1n) is 12.5. The van der Waals surface area contributed by atoms with Gasteiger partial charge in [0.1, 0.15) is 16.7 Å². The van der Waals surface area contributed by atoms with Gasteiger partial charge in [0, 0.05) is 12.2 Å². The third-order valence-corrected chi connectivity index (χ3v) is 7.13. The first-order valence-corrected chi connectivity index (χ1v) is 13.2. The molecule has 0 aliphatic heterocycles. The number of hydrogen-bond donors (Lipinski definition) is 3. The van der Waals surface area contributed by atoms with Crippen LogP contribution in [0.4, 0.5) is 15.8 Å². The maximum Gasteiger partial charge on any atom is 0.273 e. The summed E-state index contributed by atoms with van der Waals surface area (Å²) in [5.74, 6) is -2.34. The van der Waals surface area contributed by atoms with Crippen LogP contribution in [0.3, 0.4) is 0 Å². The van der Waals surface area contributed by atoms with E-state index in [9.17, 15) is 18.8 Å². The van der Waals surface area contributed by atoms with Crippen LogP contribution >= 0.6 is 11.5 Å². The van der Waals surface area contributed by atoms with Gasteiger partial charge in [-0.2, -0.15) is 4.37 Å². The number of rotatable bonds is 11. The second kappa shape index (κ2) is 13.0.